The predicted molar refractivity (Wildman–Crippen MR) is 453 cm³/mol. The molecular weight excluding hydrogens is 1480 g/mol. The molecule has 8 rings (SSSR count). The molecule has 7 N–H and O–H groups in total. The summed E-state index contributed by atoms with van der Waals surface area (Å²) in [6.45, 7) is 24.6. The van der Waals surface area contributed by atoms with E-state index < -0.39 is 29.5 Å². The number of hydrogen-bond acceptors (Lipinski definition) is 20. The zero-order valence-corrected chi connectivity index (χ0v) is 71.6. The molecule has 0 unspecified atom stereocenters. The Morgan fingerprint density at radius 2 is 0.560 bits per heavy atom. The van der Waals surface area contributed by atoms with Gasteiger partial charge in [-0.1, -0.05) is 107 Å². The molecule has 4 aliphatic rings. The van der Waals surface area contributed by atoms with Crippen molar-refractivity contribution in [3.63, 3.8) is 0 Å². The van der Waals surface area contributed by atoms with Gasteiger partial charge >= 0.3 is 0 Å². The van der Waals surface area contributed by atoms with Crippen molar-refractivity contribution in [2.24, 2.45) is 0 Å². The van der Waals surface area contributed by atoms with E-state index >= 15 is 0 Å². The molecule has 0 radical (unpaired) electrons. The minimum atomic E-state index is -0.400. The molecule has 4 aliphatic heterocycles. The fourth-order valence-corrected chi connectivity index (χ4v) is 12.6. The number of rotatable bonds is 51. The average molecular weight is 1620 g/mol. The van der Waals surface area contributed by atoms with Crippen LogP contribution in [0.2, 0.25) is 0 Å². The molecule has 27 heteroatoms. The standard InChI is InChI=1S/C89H139N9O18/c1-11-19-56-109-75-66(35-36-67(76(75)110-57-20-12-2)88(105)95-48-64-107-9)74(99)34-27-28-50-97-51-29-43-90-83(100)68-37-39-70(79(113-60-23-15-5)77(68)111-58-21-13-3)85(102)92-45-31-53-98(54-32-46-93-86(103)71-40-38-69(84(101)91-44-30-52-97)78(112-59-22-14-4)80(71)114-61-24-16-6)55-33-47-94-87(104)72-41-42-73(89(106)96-49-65-108-10)82(116-63-26-18-8)81(72)115-62-25-17-7/h35-42H,11-34,43-65H2,1-10H3,(H,90,100)(H,91,101)(H,92,102)(H,93,103)(H,94,104)(H,95,105)(H,96,106). The van der Waals surface area contributed by atoms with E-state index in [-0.39, 0.29) is 181 Å². The van der Waals surface area contributed by atoms with Crippen LogP contribution < -0.4 is 75.1 Å². The third-order valence-electron chi connectivity index (χ3n) is 19.4. The molecule has 27 nitrogen and oxygen atoms in total. The molecule has 0 atom stereocenters. The molecule has 0 fully saturated rings. The third-order valence-corrected chi connectivity index (χ3v) is 19.4. The van der Waals surface area contributed by atoms with E-state index in [1.54, 1.807) is 62.8 Å². The van der Waals surface area contributed by atoms with Gasteiger partial charge in [-0.25, -0.2) is 0 Å². The summed E-state index contributed by atoms with van der Waals surface area (Å²) in [4.78, 5) is 119. The van der Waals surface area contributed by atoms with Gasteiger partial charge in [0.15, 0.2) is 51.8 Å². The summed E-state index contributed by atoms with van der Waals surface area (Å²) in [5.41, 5.74) is 2.04. The number of ether oxygens (including phenoxy) is 10. The van der Waals surface area contributed by atoms with Crippen molar-refractivity contribution >= 4 is 47.1 Å². The number of nitrogens with zero attached hydrogens (tertiary/aromatic N) is 2. The highest BCUT2D eigenvalue weighted by Gasteiger charge is 2.30. The minimum absolute atomic E-state index is 0.145. The monoisotopic (exact) mass is 1620 g/mol. The van der Waals surface area contributed by atoms with Crippen LogP contribution in [-0.2, 0) is 9.47 Å². The van der Waals surface area contributed by atoms with Gasteiger partial charge < -0.3 is 94.4 Å². The summed E-state index contributed by atoms with van der Waals surface area (Å²) in [6, 6.07) is 12.9. The lowest BCUT2D eigenvalue weighted by Gasteiger charge is -2.24. The first-order chi connectivity index (χ1) is 56.6. The summed E-state index contributed by atoms with van der Waals surface area (Å²) in [5.74, 6) is -1.16. The summed E-state index contributed by atoms with van der Waals surface area (Å²) >= 11 is 0. The zero-order chi connectivity index (χ0) is 83.9. The van der Waals surface area contributed by atoms with E-state index in [0.717, 1.165) is 70.6 Å². The van der Waals surface area contributed by atoms with Gasteiger partial charge in [0.1, 0.15) is 0 Å². The first kappa shape index (κ1) is 97.7. The maximum absolute atomic E-state index is 14.6. The Kier molecular flexibility index (Phi) is 49.5. The summed E-state index contributed by atoms with van der Waals surface area (Å²) in [5, 5.41) is 21.3. The second-order valence-electron chi connectivity index (χ2n) is 29.0. The SMILES string of the molecule is CCCCOc1c(C(=O)CCCCN2CCCNC(=O)c3ccc(c(OCCCC)c3OCCCC)C(=O)NCCCN(CCCNC(=O)c3ccc(C(=O)NCCOC)c(OCCCC)c3OCCCC)CCCNC(=O)c3ccc(c(OCCCC)c3OCCCC)C(=O)NCCC2)ccc(C(=O)NCCOC)c1OCCCC. The molecule has 0 aliphatic carbocycles. The van der Waals surface area contributed by atoms with Crippen molar-refractivity contribution in [1.82, 2.24) is 47.0 Å². The van der Waals surface area contributed by atoms with E-state index in [2.05, 4.69) is 53.9 Å². The molecule has 648 valence electrons. The van der Waals surface area contributed by atoms with Gasteiger partial charge in [0.25, 0.3) is 41.4 Å². The van der Waals surface area contributed by atoms with Gasteiger partial charge in [-0.15, -0.1) is 0 Å². The van der Waals surface area contributed by atoms with E-state index in [1.165, 1.54) is 0 Å². The number of ketones is 1. The second kappa shape index (κ2) is 58.8. The molecule has 4 aromatic carbocycles. The van der Waals surface area contributed by atoms with Gasteiger partial charge in [0, 0.05) is 66.5 Å². The number of methoxy groups -OCH3 is 2. The lowest BCUT2D eigenvalue weighted by molar-refractivity contribution is 0.0921. The number of nitrogens with one attached hydrogen (secondary N) is 7. The fourth-order valence-electron chi connectivity index (χ4n) is 12.6. The van der Waals surface area contributed by atoms with Crippen LogP contribution >= 0.6 is 0 Å². The number of benzene rings is 4. The van der Waals surface area contributed by atoms with Crippen molar-refractivity contribution in [1.29, 1.82) is 0 Å². The van der Waals surface area contributed by atoms with E-state index in [0.29, 0.717) is 162 Å². The largest absolute Gasteiger partial charge is 0.489 e. The van der Waals surface area contributed by atoms with Crippen LogP contribution in [-0.4, -0.2) is 222 Å². The molecule has 0 spiro atoms. The highest BCUT2D eigenvalue weighted by molar-refractivity contribution is 6.06. The van der Waals surface area contributed by atoms with Crippen molar-refractivity contribution < 1.29 is 85.7 Å². The van der Waals surface area contributed by atoms with Gasteiger partial charge in [-0.05, 0) is 184 Å². The molecule has 4 heterocycles. The first-order valence-electron chi connectivity index (χ1n) is 43.2. The van der Waals surface area contributed by atoms with Crippen LogP contribution in [0.5, 0.6) is 46.0 Å². The van der Waals surface area contributed by atoms with E-state index in [4.69, 9.17) is 47.4 Å². The Balaban J connectivity index is 1.47. The van der Waals surface area contributed by atoms with Crippen molar-refractivity contribution in [3.05, 3.63) is 93.0 Å². The van der Waals surface area contributed by atoms with Gasteiger partial charge in [0.2, 0.25) is 0 Å². The molecule has 7 amide bonds. The zero-order valence-electron chi connectivity index (χ0n) is 71.6. The first-order valence-corrected chi connectivity index (χ1v) is 43.2. The van der Waals surface area contributed by atoms with Gasteiger partial charge in [0.05, 0.1) is 111 Å². The molecule has 0 saturated carbocycles. The Hall–Kier alpha value is -8.92. The average Bonchev–Trinajstić information content (AvgIpc) is 0.817. The number of hydrogen-bond donors (Lipinski definition) is 7. The number of carbonyl (C=O) groups is 8. The van der Waals surface area contributed by atoms with Crippen LogP contribution in [0.4, 0.5) is 0 Å². The van der Waals surface area contributed by atoms with E-state index in [9.17, 15) is 38.4 Å². The maximum atomic E-state index is 14.6. The third kappa shape index (κ3) is 34.0. The molecule has 0 saturated heterocycles. The molecule has 0 aromatic heterocycles. The summed E-state index contributed by atoms with van der Waals surface area (Å²) < 4.78 is 61.4. The van der Waals surface area contributed by atoms with Crippen LogP contribution in [0.25, 0.3) is 0 Å². The molecule has 4 bridgehead atoms. The van der Waals surface area contributed by atoms with Crippen LogP contribution in [0.3, 0.4) is 0 Å². The number of carbonyl (C=O) groups excluding carboxylic acids is 8. The Bertz CT molecular complexity index is 3250. The number of Topliss-reactive ketones (excluding diaryl/α,β-unsaturated/α-hetero) is 1. The lowest BCUT2D eigenvalue weighted by atomic mass is 10.0. The fraction of sp³-hybridized carbons (Fsp3) is 0.640. The van der Waals surface area contributed by atoms with Gasteiger partial charge in [-0.2, -0.15) is 0 Å². The second-order valence-corrected chi connectivity index (χ2v) is 29.0. The summed E-state index contributed by atoms with van der Waals surface area (Å²) in [6.07, 6.45) is 16.3. The number of unbranched alkanes of at least 4 members (excludes halogenated alkanes) is 9. The van der Waals surface area contributed by atoms with Crippen LogP contribution in [0.1, 0.15) is 292 Å². The predicted octanol–water partition coefficient (Wildman–Crippen LogP) is 13.5. The normalized spacial score (nSPS) is 13.8. The Labute approximate surface area is 690 Å². The van der Waals surface area contributed by atoms with Crippen molar-refractivity contribution in [3.8, 4) is 46.0 Å². The van der Waals surface area contributed by atoms with Crippen LogP contribution in [0, 0.1) is 0 Å². The number of amides is 7. The quantitative estimate of drug-likeness (QED) is 0.0160. The lowest BCUT2D eigenvalue weighted by Crippen LogP contribution is -2.35. The van der Waals surface area contributed by atoms with Crippen molar-refractivity contribution in [2.45, 2.75) is 209 Å². The minimum Gasteiger partial charge on any atom is -0.489 e. The highest BCUT2D eigenvalue weighted by atomic mass is 16.5. The molecular formula is C89H139N9O18. The molecule has 116 heavy (non-hydrogen) atoms. The highest BCUT2D eigenvalue weighted by Crippen LogP contribution is 2.41. The van der Waals surface area contributed by atoms with Gasteiger partial charge in [-0.3, -0.25) is 38.4 Å². The Morgan fingerprint density at radius 1 is 0.310 bits per heavy atom. The van der Waals surface area contributed by atoms with Crippen LogP contribution in [0.15, 0.2) is 48.5 Å². The topological polar surface area (TPSA) is 320 Å². The maximum Gasteiger partial charge on any atom is 0.255 e. The van der Waals surface area contributed by atoms with Crippen molar-refractivity contribution in [2.75, 3.05) is 165 Å². The van der Waals surface area contributed by atoms with E-state index in [1.807, 2.05) is 48.5 Å². The Morgan fingerprint density at radius 3 is 0.836 bits per heavy atom. The smallest absolute Gasteiger partial charge is 0.255 e. The summed E-state index contributed by atoms with van der Waals surface area (Å²) in [7, 11) is 3.12. The molecule has 4 aromatic rings.